The fourth-order valence-electron chi connectivity index (χ4n) is 2.56. The summed E-state index contributed by atoms with van der Waals surface area (Å²) in [6, 6.07) is 10.00. The Morgan fingerprint density at radius 3 is 2.44 bits per heavy atom. The lowest BCUT2D eigenvalue weighted by atomic mass is 10.2. The van der Waals surface area contributed by atoms with E-state index in [0.717, 1.165) is 5.56 Å². The molecule has 1 amide bonds. The van der Waals surface area contributed by atoms with Crippen LogP contribution in [0.5, 0.6) is 0 Å². The number of anilines is 1. The van der Waals surface area contributed by atoms with E-state index in [0.29, 0.717) is 31.8 Å². The first-order valence-corrected chi connectivity index (χ1v) is 9.32. The van der Waals surface area contributed by atoms with E-state index in [4.69, 9.17) is 4.74 Å². The average Bonchev–Trinajstić information content (AvgIpc) is 3.06. The van der Waals surface area contributed by atoms with Gasteiger partial charge in [-0.25, -0.2) is 17.5 Å². The van der Waals surface area contributed by atoms with E-state index in [-0.39, 0.29) is 4.90 Å². The van der Waals surface area contributed by atoms with Crippen LogP contribution in [0.3, 0.4) is 0 Å². The fourth-order valence-corrected chi connectivity index (χ4v) is 3.73. The van der Waals surface area contributed by atoms with E-state index in [9.17, 15) is 13.2 Å². The van der Waals surface area contributed by atoms with Gasteiger partial charge in [-0.15, -0.1) is 0 Å². The first kappa shape index (κ1) is 17.4. The van der Waals surface area contributed by atoms with E-state index in [2.05, 4.69) is 4.98 Å². The maximum atomic E-state index is 12.7. The second-order valence-electron chi connectivity index (χ2n) is 5.69. The Morgan fingerprint density at radius 2 is 1.84 bits per heavy atom. The Balaban J connectivity index is 1.69. The molecule has 0 atom stereocenters. The molecule has 1 aromatic heterocycles. The van der Waals surface area contributed by atoms with Gasteiger partial charge in [0, 0.05) is 31.7 Å². The molecule has 1 aliphatic heterocycles. The van der Waals surface area contributed by atoms with E-state index in [1.54, 1.807) is 31.6 Å². The van der Waals surface area contributed by atoms with Crippen LogP contribution in [0.4, 0.5) is 10.5 Å². The summed E-state index contributed by atoms with van der Waals surface area (Å²) < 4.78 is 31.5. The number of carbonyl (C=O) groups is 1. The highest BCUT2D eigenvalue weighted by Gasteiger charge is 2.25. The molecule has 0 aliphatic carbocycles. The van der Waals surface area contributed by atoms with Gasteiger partial charge in [0.15, 0.2) is 0 Å². The van der Waals surface area contributed by atoms with Gasteiger partial charge in [0.25, 0.3) is 0 Å². The van der Waals surface area contributed by atoms with Gasteiger partial charge in [0.1, 0.15) is 6.61 Å². The largest absolute Gasteiger partial charge is 0.447 e. The Morgan fingerprint density at radius 1 is 1.16 bits per heavy atom. The number of amides is 1. The highest BCUT2D eigenvalue weighted by atomic mass is 32.2. The van der Waals surface area contributed by atoms with Gasteiger partial charge in [0.2, 0.25) is 10.0 Å². The van der Waals surface area contributed by atoms with Crippen molar-refractivity contribution in [3.8, 4) is 0 Å². The Kier molecular flexibility index (Phi) is 5.00. The van der Waals surface area contributed by atoms with Gasteiger partial charge in [-0.05, 0) is 48.4 Å². The van der Waals surface area contributed by atoms with Crippen LogP contribution in [0.2, 0.25) is 0 Å². The lowest BCUT2D eigenvalue weighted by molar-refractivity contribution is 0.181. The average molecular weight is 361 g/mol. The van der Waals surface area contributed by atoms with Crippen molar-refractivity contribution in [3.05, 3.63) is 54.4 Å². The number of cyclic esters (lactones) is 1. The molecule has 2 heterocycles. The van der Waals surface area contributed by atoms with E-state index >= 15 is 0 Å². The van der Waals surface area contributed by atoms with E-state index in [1.165, 1.54) is 21.3 Å². The normalized spacial score (nSPS) is 14.8. The molecule has 25 heavy (non-hydrogen) atoms. The number of carbonyl (C=O) groups excluding carboxylic acids is 1. The molecule has 0 N–H and O–H groups in total. The number of hydrogen-bond donors (Lipinski definition) is 0. The van der Waals surface area contributed by atoms with Crippen molar-refractivity contribution in [3.63, 3.8) is 0 Å². The Labute approximate surface area is 146 Å². The third-order valence-corrected chi connectivity index (χ3v) is 5.95. The van der Waals surface area contributed by atoms with Crippen LogP contribution in [0, 0.1) is 0 Å². The molecule has 2 aromatic rings. The molecule has 1 fully saturated rings. The number of pyridine rings is 1. The predicted octanol–water partition coefficient (Wildman–Crippen LogP) is 1.90. The molecule has 0 spiro atoms. The number of likely N-dealkylation sites (N-methyl/N-ethyl adjacent to an activating group) is 1. The van der Waals surface area contributed by atoms with E-state index in [1.807, 2.05) is 12.1 Å². The number of rotatable bonds is 6. The minimum atomic E-state index is -3.58. The summed E-state index contributed by atoms with van der Waals surface area (Å²) >= 11 is 0. The molecular weight excluding hydrogens is 342 g/mol. The molecule has 0 saturated carbocycles. The lowest BCUT2D eigenvalue weighted by Gasteiger charge is -2.18. The Hall–Kier alpha value is -2.45. The number of hydrogen-bond acceptors (Lipinski definition) is 5. The van der Waals surface area contributed by atoms with Crippen LogP contribution in [-0.4, -0.2) is 50.5 Å². The maximum absolute atomic E-state index is 12.7. The highest BCUT2D eigenvalue weighted by molar-refractivity contribution is 7.89. The summed E-state index contributed by atoms with van der Waals surface area (Å²) in [7, 11) is -2.02. The van der Waals surface area contributed by atoms with Crippen molar-refractivity contribution in [2.45, 2.75) is 11.3 Å². The molecular formula is C17H19N3O4S. The van der Waals surface area contributed by atoms with E-state index < -0.39 is 16.1 Å². The number of sulfonamides is 1. The molecule has 1 aromatic carbocycles. The second kappa shape index (κ2) is 7.20. The number of nitrogens with zero attached hydrogens (tertiary/aromatic N) is 3. The molecule has 132 valence electrons. The van der Waals surface area contributed by atoms with Crippen molar-refractivity contribution in [2.75, 3.05) is 31.6 Å². The van der Waals surface area contributed by atoms with Crippen LogP contribution >= 0.6 is 0 Å². The monoisotopic (exact) mass is 361 g/mol. The molecule has 0 radical (unpaired) electrons. The summed E-state index contributed by atoms with van der Waals surface area (Å²) in [6.07, 6.45) is 3.57. The summed E-state index contributed by atoms with van der Waals surface area (Å²) in [4.78, 5) is 17.2. The minimum absolute atomic E-state index is 0.195. The Bertz CT molecular complexity index is 838. The fraction of sp³-hybridized carbons (Fsp3) is 0.294. The van der Waals surface area contributed by atoms with Gasteiger partial charge in [-0.1, -0.05) is 0 Å². The van der Waals surface area contributed by atoms with Crippen molar-refractivity contribution in [1.29, 1.82) is 0 Å². The SMILES string of the molecule is CN(CCc1ccncc1)S(=O)(=O)c1ccc(N2CCOC2=O)cc1. The quantitative estimate of drug-likeness (QED) is 0.785. The third kappa shape index (κ3) is 3.80. The molecule has 1 aliphatic rings. The summed E-state index contributed by atoms with van der Waals surface area (Å²) in [5.41, 5.74) is 1.65. The molecule has 7 nitrogen and oxygen atoms in total. The smallest absolute Gasteiger partial charge is 0.414 e. The summed E-state index contributed by atoms with van der Waals surface area (Å²) in [5.74, 6) is 0. The molecule has 0 bridgehead atoms. The maximum Gasteiger partial charge on any atom is 0.414 e. The van der Waals surface area contributed by atoms with Crippen LogP contribution in [0.1, 0.15) is 5.56 Å². The zero-order valence-corrected chi connectivity index (χ0v) is 14.6. The van der Waals surface area contributed by atoms with Gasteiger partial charge >= 0.3 is 6.09 Å². The number of benzene rings is 1. The van der Waals surface area contributed by atoms with Gasteiger partial charge in [-0.3, -0.25) is 9.88 Å². The third-order valence-electron chi connectivity index (χ3n) is 4.08. The molecule has 0 unspecified atom stereocenters. The zero-order chi connectivity index (χ0) is 17.9. The zero-order valence-electron chi connectivity index (χ0n) is 13.8. The van der Waals surface area contributed by atoms with Gasteiger partial charge in [0.05, 0.1) is 11.4 Å². The van der Waals surface area contributed by atoms with Crippen LogP contribution in [0.15, 0.2) is 53.7 Å². The number of ether oxygens (including phenoxy) is 1. The van der Waals surface area contributed by atoms with Crippen molar-refractivity contribution in [2.24, 2.45) is 0 Å². The standard InChI is InChI=1S/C17H19N3O4S/c1-19(11-8-14-6-9-18-10-7-14)25(22,23)16-4-2-15(3-5-16)20-12-13-24-17(20)21/h2-7,9-10H,8,11-13H2,1H3. The second-order valence-corrected chi connectivity index (χ2v) is 7.74. The van der Waals surface area contributed by atoms with Crippen molar-refractivity contribution >= 4 is 21.8 Å². The first-order valence-electron chi connectivity index (χ1n) is 7.88. The van der Waals surface area contributed by atoms with Gasteiger partial charge in [-0.2, -0.15) is 0 Å². The van der Waals surface area contributed by atoms with Crippen LogP contribution in [-0.2, 0) is 21.2 Å². The van der Waals surface area contributed by atoms with Gasteiger partial charge < -0.3 is 4.74 Å². The van der Waals surface area contributed by atoms with Crippen molar-refractivity contribution in [1.82, 2.24) is 9.29 Å². The highest BCUT2D eigenvalue weighted by Crippen LogP contribution is 2.22. The molecule has 8 heteroatoms. The molecule has 3 rings (SSSR count). The minimum Gasteiger partial charge on any atom is -0.447 e. The van der Waals surface area contributed by atoms with Crippen molar-refractivity contribution < 1.29 is 17.9 Å². The summed E-state index contributed by atoms with van der Waals surface area (Å²) in [5, 5.41) is 0. The van der Waals surface area contributed by atoms with Crippen LogP contribution in [0.25, 0.3) is 0 Å². The summed E-state index contributed by atoms with van der Waals surface area (Å²) in [6.45, 7) is 1.18. The first-order chi connectivity index (χ1) is 12.0. The number of aromatic nitrogens is 1. The molecule has 1 saturated heterocycles. The lowest BCUT2D eigenvalue weighted by Crippen LogP contribution is -2.29. The predicted molar refractivity (Wildman–Crippen MR) is 92.9 cm³/mol. The topological polar surface area (TPSA) is 79.8 Å². The van der Waals surface area contributed by atoms with Crippen LogP contribution < -0.4 is 4.90 Å².